The first kappa shape index (κ1) is 18.0. The number of amides is 1. The van der Waals surface area contributed by atoms with E-state index in [9.17, 15) is 14.9 Å². The van der Waals surface area contributed by atoms with E-state index in [0.717, 1.165) is 11.4 Å². The highest BCUT2D eigenvalue weighted by atomic mass is 32.2. The van der Waals surface area contributed by atoms with Gasteiger partial charge in [-0.3, -0.25) is 14.9 Å². The Labute approximate surface area is 145 Å². The third kappa shape index (κ3) is 4.35. The highest BCUT2D eigenvalue weighted by molar-refractivity contribution is 7.99. The summed E-state index contributed by atoms with van der Waals surface area (Å²) in [7, 11) is 1.66. The van der Waals surface area contributed by atoms with Crippen LogP contribution in [0.25, 0.3) is 0 Å². The molecule has 0 aliphatic heterocycles. The molecule has 2 rings (SSSR count). The molecule has 24 heavy (non-hydrogen) atoms. The van der Waals surface area contributed by atoms with Crippen LogP contribution in [0.2, 0.25) is 0 Å². The number of nitro groups is 1. The average Bonchev–Trinajstić information content (AvgIpc) is 2.59. The third-order valence-corrected chi connectivity index (χ3v) is 4.91. The molecular formula is C18H20N2O3S. The van der Waals surface area contributed by atoms with Crippen LogP contribution < -0.4 is 4.90 Å². The van der Waals surface area contributed by atoms with Crippen molar-refractivity contribution >= 4 is 29.0 Å². The summed E-state index contributed by atoms with van der Waals surface area (Å²) in [6.07, 6.45) is 0. The van der Waals surface area contributed by atoms with Crippen molar-refractivity contribution in [1.82, 2.24) is 0 Å². The van der Waals surface area contributed by atoms with Gasteiger partial charge in [-0.05, 0) is 30.2 Å². The van der Waals surface area contributed by atoms with Gasteiger partial charge in [-0.2, -0.15) is 0 Å². The zero-order valence-corrected chi connectivity index (χ0v) is 14.7. The molecule has 1 amide bonds. The Kier molecular flexibility index (Phi) is 5.98. The van der Waals surface area contributed by atoms with Gasteiger partial charge in [0.15, 0.2) is 0 Å². The van der Waals surface area contributed by atoms with Crippen molar-refractivity contribution in [3.63, 3.8) is 0 Å². The lowest BCUT2D eigenvalue weighted by molar-refractivity contribution is -0.387. The Morgan fingerprint density at radius 1 is 1.21 bits per heavy atom. The van der Waals surface area contributed by atoms with E-state index in [0.29, 0.717) is 16.4 Å². The van der Waals surface area contributed by atoms with Crippen LogP contribution in [-0.2, 0) is 0 Å². The lowest BCUT2D eigenvalue weighted by Gasteiger charge is -2.17. The molecule has 0 saturated heterocycles. The molecule has 0 bridgehead atoms. The number of carbonyl (C=O) groups is 1. The van der Waals surface area contributed by atoms with Gasteiger partial charge in [-0.15, -0.1) is 11.8 Å². The molecular weight excluding hydrogens is 324 g/mol. The number of nitrogens with zero attached hydrogens (tertiary/aromatic N) is 2. The van der Waals surface area contributed by atoms with Crippen LogP contribution in [0, 0.1) is 16.0 Å². The van der Waals surface area contributed by atoms with Crippen molar-refractivity contribution in [2.75, 3.05) is 17.7 Å². The molecule has 0 saturated carbocycles. The van der Waals surface area contributed by atoms with Gasteiger partial charge in [0.25, 0.3) is 11.6 Å². The van der Waals surface area contributed by atoms with Crippen molar-refractivity contribution < 1.29 is 9.72 Å². The predicted molar refractivity (Wildman–Crippen MR) is 97.8 cm³/mol. The molecule has 0 atom stereocenters. The number of rotatable bonds is 6. The Balaban J connectivity index is 2.29. The van der Waals surface area contributed by atoms with Gasteiger partial charge < -0.3 is 4.90 Å². The molecule has 0 aliphatic carbocycles. The molecule has 126 valence electrons. The van der Waals surface area contributed by atoms with Crippen LogP contribution in [0.3, 0.4) is 0 Å². The zero-order valence-electron chi connectivity index (χ0n) is 13.9. The molecule has 2 aromatic carbocycles. The van der Waals surface area contributed by atoms with Crippen molar-refractivity contribution in [3.8, 4) is 0 Å². The lowest BCUT2D eigenvalue weighted by atomic mass is 10.1. The van der Waals surface area contributed by atoms with Crippen molar-refractivity contribution in [3.05, 3.63) is 64.2 Å². The van der Waals surface area contributed by atoms with E-state index in [1.165, 1.54) is 22.7 Å². The smallest absolute Gasteiger partial charge is 0.283 e. The van der Waals surface area contributed by atoms with E-state index in [2.05, 4.69) is 13.8 Å². The second-order valence-corrected chi connectivity index (χ2v) is 6.91. The molecule has 0 N–H and O–H groups in total. The van der Waals surface area contributed by atoms with Gasteiger partial charge in [-0.1, -0.05) is 32.0 Å². The molecule has 2 aromatic rings. The quantitative estimate of drug-likeness (QED) is 0.436. The number of hydrogen-bond acceptors (Lipinski definition) is 4. The van der Waals surface area contributed by atoms with E-state index in [-0.39, 0.29) is 11.6 Å². The summed E-state index contributed by atoms with van der Waals surface area (Å²) in [6, 6.07) is 13.9. The van der Waals surface area contributed by atoms with Crippen LogP contribution in [0.15, 0.2) is 53.4 Å². The number of anilines is 1. The van der Waals surface area contributed by atoms with Gasteiger partial charge in [0.2, 0.25) is 0 Å². The standard InChI is InChI=1S/C18H20N2O3S/c1-13(2)12-24-17-10-9-14(11-16(17)20(22)23)18(21)19(3)15-7-5-4-6-8-15/h4-11,13H,12H2,1-3H3. The van der Waals surface area contributed by atoms with Crippen LogP contribution in [0.1, 0.15) is 24.2 Å². The van der Waals surface area contributed by atoms with Crippen LogP contribution in [0.5, 0.6) is 0 Å². The molecule has 0 fully saturated rings. The zero-order chi connectivity index (χ0) is 17.7. The summed E-state index contributed by atoms with van der Waals surface area (Å²) >= 11 is 1.44. The summed E-state index contributed by atoms with van der Waals surface area (Å²) in [4.78, 5) is 25.6. The topological polar surface area (TPSA) is 63.5 Å². The molecule has 0 aliphatic rings. The summed E-state index contributed by atoms with van der Waals surface area (Å²) in [6.45, 7) is 4.12. The highest BCUT2D eigenvalue weighted by Crippen LogP contribution is 2.31. The molecule has 0 heterocycles. The number of carbonyl (C=O) groups excluding carboxylic acids is 1. The summed E-state index contributed by atoms with van der Waals surface area (Å²) in [5, 5.41) is 11.3. The van der Waals surface area contributed by atoms with Crippen LogP contribution in [-0.4, -0.2) is 23.6 Å². The molecule has 0 radical (unpaired) electrons. The Morgan fingerprint density at radius 2 is 1.88 bits per heavy atom. The Bertz CT molecular complexity index is 732. The fourth-order valence-electron chi connectivity index (χ4n) is 2.13. The SMILES string of the molecule is CC(C)CSc1ccc(C(=O)N(C)c2ccccc2)cc1[N+](=O)[O-]. The van der Waals surface area contributed by atoms with Crippen LogP contribution >= 0.6 is 11.8 Å². The van der Waals surface area contributed by atoms with E-state index in [4.69, 9.17) is 0 Å². The second-order valence-electron chi connectivity index (χ2n) is 5.84. The second kappa shape index (κ2) is 7.97. The van der Waals surface area contributed by atoms with E-state index < -0.39 is 4.92 Å². The number of hydrogen-bond donors (Lipinski definition) is 0. The molecule has 0 aromatic heterocycles. The largest absolute Gasteiger partial charge is 0.311 e. The van der Waals surface area contributed by atoms with Crippen LogP contribution in [0.4, 0.5) is 11.4 Å². The van der Waals surface area contributed by atoms with E-state index in [1.54, 1.807) is 19.2 Å². The number of nitro benzene ring substituents is 1. The summed E-state index contributed by atoms with van der Waals surface area (Å²) in [5.74, 6) is 0.947. The minimum Gasteiger partial charge on any atom is -0.311 e. The van der Waals surface area contributed by atoms with Crippen molar-refractivity contribution in [2.24, 2.45) is 5.92 Å². The van der Waals surface area contributed by atoms with E-state index in [1.807, 2.05) is 30.3 Å². The van der Waals surface area contributed by atoms with Gasteiger partial charge in [0.05, 0.1) is 9.82 Å². The maximum Gasteiger partial charge on any atom is 0.283 e. The summed E-state index contributed by atoms with van der Waals surface area (Å²) < 4.78 is 0. The third-order valence-electron chi connectivity index (χ3n) is 3.42. The highest BCUT2D eigenvalue weighted by Gasteiger charge is 2.20. The Morgan fingerprint density at radius 3 is 2.46 bits per heavy atom. The van der Waals surface area contributed by atoms with Gasteiger partial charge >= 0.3 is 0 Å². The maximum absolute atomic E-state index is 12.6. The first-order valence-corrected chi connectivity index (χ1v) is 8.63. The molecule has 0 spiro atoms. The van der Waals surface area contributed by atoms with Crippen molar-refractivity contribution in [1.29, 1.82) is 0 Å². The average molecular weight is 344 g/mol. The van der Waals surface area contributed by atoms with Crippen molar-refractivity contribution in [2.45, 2.75) is 18.7 Å². The Hall–Kier alpha value is -2.34. The predicted octanol–water partition coefficient (Wildman–Crippen LogP) is 4.62. The molecule has 0 unspecified atom stereocenters. The maximum atomic E-state index is 12.6. The van der Waals surface area contributed by atoms with Gasteiger partial charge in [0.1, 0.15) is 0 Å². The van der Waals surface area contributed by atoms with Gasteiger partial charge in [0, 0.05) is 30.1 Å². The summed E-state index contributed by atoms with van der Waals surface area (Å²) in [5.41, 5.74) is 1.03. The minimum atomic E-state index is -0.429. The first-order valence-electron chi connectivity index (χ1n) is 7.64. The van der Waals surface area contributed by atoms with Gasteiger partial charge in [-0.25, -0.2) is 0 Å². The number of benzene rings is 2. The lowest BCUT2D eigenvalue weighted by Crippen LogP contribution is -2.26. The van der Waals surface area contributed by atoms with E-state index >= 15 is 0 Å². The minimum absolute atomic E-state index is 0.0204. The fourth-order valence-corrected chi connectivity index (χ4v) is 3.09. The first-order chi connectivity index (χ1) is 11.4. The monoisotopic (exact) mass is 344 g/mol. The normalized spacial score (nSPS) is 10.7. The molecule has 5 nitrogen and oxygen atoms in total. The number of thioether (sulfide) groups is 1. The number of para-hydroxylation sites is 1. The molecule has 6 heteroatoms. The fraction of sp³-hybridized carbons (Fsp3) is 0.278.